The molecule has 0 atom stereocenters. The number of fused-ring (bicyclic) bond motifs is 1. The second-order valence-corrected chi connectivity index (χ2v) is 8.23. The quantitative estimate of drug-likeness (QED) is 0.395. The fourth-order valence-electron chi connectivity index (χ4n) is 3.20. The molecule has 6 heteroatoms. The van der Waals surface area contributed by atoms with Crippen molar-refractivity contribution < 1.29 is 4.74 Å². The van der Waals surface area contributed by atoms with Gasteiger partial charge in [-0.05, 0) is 54.3 Å². The van der Waals surface area contributed by atoms with Gasteiger partial charge in [0, 0.05) is 5.56 Å². The van der Waals surface area contributed by atoms with Gasteiger partial charge in [0.1, 0.15) is 5.75 Å². The van der Waals surface area contributed by atoms with E-state index in [0.717, 1.165) is 36.3 Å². The molecule has 0 saturated carbocycles. The van der Waals surface area contributed by atoms with Gasteiger partial charge in [-0.2, -0.15) is 9.50 Å². The highest BCUT2D eigenvalue weighted by atomic mass is 32.1. The Morgan fingerprint density at radius 2 is 1.80 bits per heavy atom. The van der Waals surface area contributed by atoms with E-state index in [1.807, 2.05) is 42.5 Å². The number of ether oxygens (including phenoxy) is 1. The number of hydrogen-bond acceptors (Lipinski definition) is 5. The summed E-state index contributed by atoms with van der Waals surface area (Å²) in [6, 6.07) is 16.0. The monoisotopic (exact) mass is 419 g/mol. The summed E-state index contributed by atoms with van der Waals surface area (Å²) in [5, 5.41) is 4.43. The summed E-state index contributed by atoms with van der Waals surface area (Å²) >= 11 is 1.36. The molecule has 0 bridgehead atoms. The second kappa shape index (κ2) is 9.22. The van der Waals surface area contributed by atoms with E-state index in [0.29, 0.717) is 15.3 Å². The van der Waals surface area contributed by atoms with Gasteiger partial charge in [-0.1, -0.05) is 62.3 Å². The summed E-state index contributed by atoms with van der Waals surface area (Å²) in [7, 11) is 0. The van der Waals surface area contributed by atoms with Gasteiger partial charge in [0.2, 0.25) is 4.96 Å². The maximum atomic E-state index is 12.7. The minimum Gasteiger partial charge on any atom is -0.494 e. The zero-order valence-electron chi connectivity index (χ0n) is 17.3. The van der Waals surface area contributed by atoms with E-state index in [4.69, 9.17) is 4.74 Å². The molecule has 4 rings (SSSR count). The van der Waals surface area contributed by atoms with Crippen molar-refractivity contribution in [3.8, 4) is 17.1 Å². The molecule has 30 heavy (non-hydrogen) atoms. The van der Waals surface area contributed by atoms with Gasteiger partial charge in [0.25, 0.3) is 5.56 Å². The van der Waals surface area contributed by atoms with E-state index in [9.17, 15) is 4.79 Å². The van der Waals surface area contributed by atoms with Crippen LogP contribution in [0.3, 0.4) is 0 Å². The largest absolute Gasteiger partial charge is 0.494 e. The average Bonchev–Trinajstić information content (AvgIpc) is 3.32. The number of thiazole rings is 1. The van der Waals surface area contributed by atoms with Crippen LogP contribution < -0.4 is 14.8 Å². The molecule has 0 unspecified atom stereocenters. The Balaban J connectivity index is 1.54. The van der Waals surface area contributed by atoms with Crippen LogP contribution >= 0.6 is 11.3 Å². The molecule has 2 aromatic heterocycles. The van der Waals surface area contributed by atoms with Crippen LogP contribution in [0.2, 0.25) is 0 Å². The highest BCUT2D eigenvalue weighted by Crippen LogP contribution is 2.20. The number of nitrogens with zero attached hydrogens (tertiary/aromatic N) is 3. The van der Waals surface area contributed by atoms with Crippen molar-refractivity contribution in [3.05, 3.63) is 74.5 Å². The molecule has 0 aliphatic heterocycles. The molecule has 2 heterocycles. The summed E-state index contributed by atoms with van der Waals surface area (Å²) < 4.78 is 7.78. The molecule has 0 aliphatic carbocycles. The molecule has 5 nitrogen and oxygen atoms in total. The molecule has 0 N–H and O–H groups in total. The maximum absolute atomic E-state index is 12.7. The van der Waals surface area contributed by atoms with Gasteiger partial charge in [-0.25, -0.2) is 0 Å². The Morgan fingerprint density at radius 1 is 1.03 bits per heavy atom. The normalized spacial score (nSPS) is 12.0. The zero-order valence-corrected chi connectivity index (χ0v) is 18.1. The van der Waals surface area contributed by atoms with Gasteiger partial charge in [0.05, 0.1) is 11.1 Å². The molecule has 0 amide bonds. The van der Waals surface area contributed by atoms with Crippen LogP contribution in [0.4, 0.5) is 0 Å². The summed E-state index contributed by atoms with van der Waals surface area (Å²) in [6.45, 7) is 5.03. The summed E-state index contributed by atoms with van der Waals surface area (Å²) in [5.74, 6) is 1.39. The molecule has 0 spiro atoms. The molecule has 0 aliphatic rings. The van der Waals surface area contributed by atoms with Gasteiger partial charge in [-0.3, -0.25) is 4.79 Å². The molecule has 0 saturated heterocycles. The van der Waals surface area contributed by atoms with E-state index in [1.54, 1.807) is 0 Å². The first-order chi connectivity index (χ1) is 14.7. The van der Waals surface area contributed by atoms with Crippen LogP contribution in [-0.2, 0) is 6.42 Å². The first-order valence-corrected chi connectivity index (χ1v) is 11.2. The van der Waals surface area contributed by atoms with Crippen molar-refractivity contribution in [2.24, 2.45) is 0 Å². The lowest BCUT2D eigenvalue weighted by atomic mass is 10.1. The predicted molar refractivity (Wildman–Crippen MR) is 122 cm³/mol. The van der Waals surface area contributed by atoms with Crippen molar-refractivity contribution >= 4 is 22.4 Å². The first kappa shape index (κ1) is 20.3. The van der Waals surface area contributed by atoms with Crippen molar-refractivity contribution in [1.82, 2.24) is 14.6 Å². The Labute approximate surface area is 179 Å². The van der Waals surface area contributed by atoms with E-state index in [2.05, 4.69) is 36.1 Å². The van der Waals surface area contributed by atoms with Gasteiger partial charge < -0.3 is 4.74 Å². The SMILES string of the molecule is CCCCCOc1ccc(-c2nc3s/c(=C\c4ccc(CC)cc4)c(=O)n3n2)cc1. The standard InChI is InChI=1S/C24H25N3O2S/c1-3-5-6-15-29-20-13-11-19(12-14-20)22-25-24-27(26-22)23(28)21(30-24)16-18-9-7-17(4-2)8-10-18/h7-14,16H,3-6,15H2,1-2H3/b21-16-. The smallest absolute Gasteiger partial charge is 0.291 e. The number of aromatic nitrogens is 3. The van der Waals surface area contributed by atoms with Crippen LogP contribution in [0.5, 0.6) is 5.75 Å². The number of unbranched alkanes of at least 4 members (excludes halogenated alkanes) is 2. The van der Waals surface area contributed by atoms with Crippen molar-refractivity contribution in [1.29, 1.82) is 0 Å². The van der Waals surface area contributed by atoms with Crippen LogP contribution in [0.25, 0.3) is 22.4 Å². The summed E-state index contributed by atoms with van der Waals surface area (Å²) in [4.78, 5) is 17.9. The average molecular weight is 420 g/mol. The molecule has 154 valence electrons. The second-order valence-electron chi connectivity index (χ2n) is 7.22. The molecule has 2 aromatic carbocycles. The summed E-state index contributed by atoms with van der Waals surface area (Å²) in [6.07, 6.45) is 6.31. The number of rotatable bonds is 8. The fourth-order valence-corrected chi connectivity index (χ4v) is 4.11. The number of aryl methyl sites for hydroxylation is 1. The molecular formula is C24H25N3O2S. The highest BCUT2D eigenvalue weighted by Gasteiger charge is 2.12. The topological polar surface area (TPSA) is 56.5 Å². The van der Waals surface area contributed by atoms with Crippen LogP contribution in [0, 0.1) is 0 Å². The Morgan fingerprint density at radius 3 is 2.47 bits per heavy atom. The Kier molecular flexibility index (Phi) is 6.23. The van der Waals surface area contributed by atoms with Crippen LogP contribution in [0.1, 0.15) is 44.2 Å². The van der Waals surface area contributed by atoms with E-state index in [-0.39, 0.29) is 5.56 Å². The summed E-state index contributed by atoms with van der Waals surface area (Å²) in [5.41, 5.74) is 3.01. The van der Waals surface area contributed by atoms with Gasteiger partial charge in [-0.15, -0.1) is 5.10 Å². The minimum atomic E-state index is -0.135. The third-order valence-electron chi connectivity index (χ3n) is 5.00. The predicted octanol–water partition coefficient (Wildman–Crippen LogP) is 4.50. The lowest BCUT2D eigenvalue weighted by Gasteiger charge is -2.05. The zero-order chi connectivity index (χ0) is 20.9. The lowest BCUT2D eigenvalue weighted by molar-refractivity contribution is 0.306. The third kappa shape index (κ3) is 4.44. The van der Waals surface area contributed by atoms with Crippen molar-refractivity contribution in [3.63, 3.8) is 0 Å². The van der Waals surface area contributed by atoms with Crippen LogP contribution in [0.15, 0.2) is 53.3 Å². The molecule has 0 radical (unpaired) electrons. The lowest BCUT2D eigenvalue weighted by Crippen LogP contribution is -2.23. The van der Waals surface area contributed by atoms with E-state index >= 15 is 0 Å². The van der Waals surface area contributed by atoms with Crippen LogP contribution in [-0.4, -0.2) is 21.2 Å². The number of hydrogen-bond donors (Lipinski definition) is 0. The van der Waals surface area contributed by atoms with E-state index in [1.165, 1.54) is 34.3 Å². The maximum Gasteiger partial charge on any atom is 0.291 e. The van der Waals surface area contributed by atoms with Crippen molar-refractivity contribution in [2.75, 3.05) is 6.61 Å². The van der Waals surface area contributed by atoms with Gasteiger partial charge >= 0.3 is 0 Å². The Hall–Kier alpha value is -2.99. The van der Waals surface area contributed by atoms with E-state index < -0.39 is 0 Å². The third-order valence-corrected chi connectivity index (χ3v) is 5.96. The van der Waals surface area contributed by atoms with Crippen molar-refractivity contribution in [2.45, 2.75) is 39.5 Å². The van der Waals surface area contributed by atoms with Gasteiger partial charge in [0.15, 0.2) is 5.82 Å². The molecule has 4 aromatic rings. The fraction of sp³-hybridized carbons (Fsp3) is 0.292. The minimum absolute atomic E-state index is 0.135. The molecule has 0 fully saturated rings. The number of benzene rings is 2. The highest BCUT2D eigenvalue weighted by molar-refractivity contribution is 7.15. The first-order valence-electron chi connectivity index (χ1n) is 10.4. The Bertz CT molecular complexity index is 1220. The molecular weight excluding hydrogens is 394 g/mol.